The summed E-state index contributed by atoms with van der Waals surface area (Å²) in [7, 11) is 4.18. The van der Waals surface area contributed by atoms with Crippen LogP contribution in [0.15, 0.2) is 47.3 Å². The van der Waals surface area contributed by atoms with Crippen LogP contribution in [-0.4, -0.2) is 66.0 Å². The minimum atomic E-state index is -0.641. The topological polar surface area (TPSA) is 75.2 Å². The maximum absolute atomic E-state index is 14.8. The standard InChI is InChI=1S/C29H32FN5O3/c1-31-25-11-6-20(18-24(25)30)27-26(19-4-9-23(10-5-19)38-17-16-36)28(37)35(22-7-8-22)29(32-27)34-14-12-21(13-15-34)33(2)3/h4-6,9-11,18,21-22,36H,7-8,12-17H2,2-3H3. The first-order chi connectivity index (χ1) is 18.4. The Hall–Kier alpha value is -3.74. The summed E-state index contributed by atoms with van der Waals surface area (Å²) in [6, 6.07) is 12.0. The van der Waals surface area contributed by atoms with Gasteiger partial charge in [-0.15, -0.1) is 0 Å². The molecule has 1 saturated heterocycles. The highest BCUT2D eigenvalue weighted by Gasteiger charge is 2.34. The van der Waals surface area contributed by atoms with Crippen LogP contribution in [0.5, 0.6) is 5.75 Å². The molecule has 2 aliphatic rings. The molecule has 2 aromatic carbocycles. The first-order valence-electron chi connectivity index (χ1n) is 13.0. The lowest BCUT2D eigenvalue weighted by Crippen LogP contribution is -2.44. The van der Waals surface area contributed by atoms with Crippen molar-refractivity contribution >= 4 is 11.6 Å². The second-order valence-electron chi connectivity index (χ2n) is 10.1. The minimum Gasteiger partial charge on any atom is -0.491 e. The third-order valence-corrected chi connectivity index (χ3v) is 7.33. The van der Waals surface area contributed by atoms with Crippen LogP contribution < -0.4 is 15.2 Å². The zero-order valence-electron chi connectivity index (χ0n) is 21.7. The highest BCUT2D eigenvalue weighted by molar-refractivity contribution is 5.82. The van der Waals surface area contributed by atoms with E-state index in [0.29, 0.717) is 40.1 Å². The van der Waals surface area contributed by atoms with Crippen LogP contribution in [-0.2, 0) is 0 Å². The summed E-state index contributed by atoms with van der Waals surface area (Å²) in [4.78, 5) is 27.0. The van der Waals surface area contributed by atoms with Crippen LogP contribution in [0, 0.1) is 12.4 Å². The molecule has 8 nitrogen and oxygen atoms in total. The maximum Gasteiger partial charge on any atom is 0.263 e. The van der Waals surface area contributed by atoms with Crippen molar-refractivity contribution in [2.24, 2.45) is 0 Å². The largest absolute Gasteiger partial charge is 0.491 e. The van der Waals surface area contributed by atoms with Gasteiger partial charge in [0.1, 0.15) is 18.2 Å². The number of aliphatic hydroxyl groups is 1. The molecule has 0 unspecified atom stereocenters. The van der Waals surface area contributed by atoms with Gasteiger partial charge in [0, 0.05) is 30.7 Å². The van der Waals surface area contributed by atoms with Gasteiger partial charge in [0.25, 0.3) is 5.56 Å². The Balaban J connectivity index is 1.66. The number of rotatable bonds is 8. The molecule has 38 heavy (non-hydrogen) atoms. The molecule has 198 valence electrons. The molecule has 1 aliphatic heterocycles. The third-order valence-electron chi connectivity index (χ3n) is 7.33. The molecule has 1 N–H and O–H groups in total. The van der Waals surface area contributed by atoms with Crippen molar-refractivity contribution in [2.75, 3.05) is 45.3 Å². The van der Waals surface area contributed by atoms with Gasteiger partial charge in [-0.25, -0.2) is 14.2 Å². The van der Waals surface area contributed by atoms with Gasteiger partial charge in [0.2, 0.25) is 11.6 Å². The van der Waals surface area contributed by atoms with Crippen molar-refractivity contribution in [3.05, 3.63) is 70.1 Å². The summed E-state index contributed by atoms with van der Waals surface area (Å²) in [5.74, 6) is 0.566. The summed E-state index contributed by atoms with van der Waals surface area (Å²) in [5, 5.41) is 9.05. The lowest BCUT2D eigenvalue weighted by atomic mass is 9.99. The molecule has 2 fully saturated rings. The van der Waals surface area contributed by atoms with E-state index >= 15 is 0 Å². The molecule has 1 saturated carbocycles. The zero-order chi connectivity index (χ0) is 26.8. The third kappa shape index (κ3) is 5.15. The molecule has 0 atom stereocenters. The number of aliphatic hydroxyl groups excluding tert-OH is 1. The van der Waals surface area contributed by atoms with Crippen molar-refractivity contribution < 1.29 is 14.2 Å². The Morgan fingerprint density at radius 1 is 1.11 bits per heavy atom. The molecular formula is C29H32FN5O3. The fourth-order valence-corrected chi connectivity index (χ4v) is 5.08. The molecule has 2 heterocycles. The quantitative estimate of drug-likeness (QED) is 0.444. The second kappa shape index (κ2) is 10.9. The highest BCUT2D eigenvalue weighted by atomic mass is 19.1. The molecule has 0 radical (unpaired) electrons. The van der Waals surface area contributed by atoms with Crippen LogP contribution in [0.3, 0.4) is 0 Å². The smallest absolute Gasteiger partial charge is 0.263 e. The van der Waals surface area contributed by atoms with Gasteiger partial charge in [0.05, 0.1) is 24.4 Å². The van der Waals surface area contributed by atoms with Crippen molar-refractivity contribution in [3.63, 3.8) is 0 Å². The Bertz CT molecular complexity index is 1400. The van der Waals surface area contributed by atoms with Gasteiger partial charge < -0.3 is 19.6 Å². The van der Waals surface area contributed by atoms with E-state index in [0.717, 1.165) is 38.8 Å². The lowest BCUT2D eigenvalue weighted by molar-refractivity contribution is 0.201. The van der Waals surface area contributed by atoms with Crippen LogP contribution in [0.2, 0.25) is 0 Å². The van der Waals surface area contributed by atoms with Crippen molar-refractivity contribution in [1.29, 1.82) is 0 Å². The van der Waals surface area contributed by atoms with Gasteiger partial charge in [0.15, 0.2) is 0 Å². The summed E-state index contributed by atoms with van der Waals surface area (Å²) in [5.41, 5.74) is 1.67. The average Bonchev–Trinajstić information content (AvgIpc) is 3.77. The molecule has 0 bridgehead atoms. The monoisotopic (exact) mass is 517 g/mol. The summed E-state index contributed by atoms with van der Waals surface area (Å²) >= 11 is 0. The first kappa shape index (κ1) is 25.9. The molecule has 3 aromatic rings. The van der Waals surface area contributed by atoms with Crippen LogP contribution >= 0.6 is 0 Å². The molecule has 5 rings (SSSR count). The summed E-state index contributed by atoms with van der Waals surface area (Å²) < 4.78 is 22.1. The van der Waals surface area contributed by atoms with Crippen molar-refractivity contribution in [2.45, 2.75) is 37.8 Å². The van der Waals surface area contributed by atoms with Crippen molar-refractivity contribution in [1.82, 2.24) is 14.5 Å². The van der Waals surface area contributed by atoms with E-state index in [2.05, 4.69) is 28.7 Å². The lowest BCUT2D eigenvalue weighted by Gasteiger charge is -2.37. The Morgan fingerprint density at radius 3 is 2.37 bits per heavy atom. The van der Waals surface area contributed by atoms with E-state index in [1.165, 1.54) is 12.1 Å². The number of hydrogen-bond donors (Lipinski definition) is 1. The highest BCUT2D eigenvalue weighted by Crippen LogP contribution is 2.40. The van der Waals surface area contributed by atoms with E-state index in [9.17, 15) is 9.18 Å². The number of benzene rings is 2. The fourth-order valence-electron chi connectivity index (χ4n) is 5.08. The van der Waals surface area contributed by atoms with Gasteiger partial charge in [-0.1, -0.05) is 24.3 Å². The summed E-state index contributed by atoms with van der Waals surface area (Å²) in [6.07, 6.45) is 3.77. The molecular weight excluding hydrogens is 485 g/mol. The van der Waals surface area contributed by atoms with Crippen LogP contribution in [0.4, 0.5) is 16.0 Å². The fraction of sp³-hybridized carbons (Fsp3) is 0.414. The number of anilines is 1. The average molecular weight is 518 g/mol. The summed E-state index contributed by atoms with van der Waals surface area (Å²) in [6.45, 7) is 8.85. The van der Waals surface area contributed by atoms with E-state index in [1.807, 2.05) is 4.57 Å². The van der Waals surface area contributed by atoms with Gasteiger partial charge in [-0.2, -0.15) is 0 Å². The van der Waals surface area contributed by atoms with Crippen molar-refractivity contribution in [3.8, 4) is 28.1 Å². The normalized spacial score (nSPS) is 16.1. The minimum absolute atomic E-state index is 0.0713. The molecule has 9 heteroatoms. The zero-order valence-corrected chi connectivity index (χ0v) is 21.7. The SMILES string of the molecule is [C-]#[N+]c1ccc(-c2nc(N3CCC(N(C)C)CC3)n(C3CC3)c(=O)c2-c2ccc(OCCO)cc2)cc1F. The molecule has 1 aromatic heterocycles. The Kier molecular flexibility index (Phi) is 7.45. The van der Waals surface area contributed by atoms with E-state index in [-0.39, 0.29) is 30.5 Å². The van der Waals surface area contributed by atoms with Gasteiger partial charge in [-0.05, 0) is 63.5 Å². The number of halogens is 1. The Morgan fingerprint density at radius 2 is 1.79 bits per heavy atom. The molecule has 0 spiro atoms. The van der Waals surface area contributed by atoms with Crippen LogP contribution in [0.1, 0.15) is 31.7 Å². The van der Waals surface area contributed by atoms with Gasteiger partial charge in [-0.3, -0.25) is 9.36 Å². The number of ether oxygens (including phenoxy) is 1. The maximum atomic E-state index is 14.8. The molecule has 0 amide bonds. The van der Waals surface area contributed by atoms with E-state index in [4.69, 9.17) is 21.4 Å². The number of aromatic nitrogens is 2. The number of nitrogens with zero attached hydrogens (tertiary/aromatic N) is 5. The van der Waals surface area contributed by atoms with Gasteiger partial charge >= 0.3 is 0 Å². The molecule has 1 aliphatic carbocycles. The van der Waals surface area contributed by atoms with Crippen LogP contribution in [0.25, 0.3) is 27.2 Å². The Labute approximate surface area is 221 Å². The predicted molar refractivity (Wildman–Crippen MR) is 145 cm³/mol. The predicted octanol–water partition coefficient (Wildman–Crippen LogP) is 4.50. The number of piperidine rings is 1. The van der Waals surface area contributed by atoms with E-state index < -0.39 is 5.82 Å². The number of hydrogen-bond acceptors (Lipinski definition) is 6. The van der Waals surface area contributed by atoms with E-state index in [1.54, 1.807) is 30.3 Å². The second-order valence-corrected chi connectivity index (χ2v) is 10.1. The first-order valence-corrected chi connectivity index (χ1v) is 13.0.